The van der Waals surface area contributed by atoms with Crippen LogP contribution in [0.5, 0.6) is 0 Å². The average molecular weight is 380 g/mol. The maximum atomic E-state index is 13.0. The fourth-order valence-electron chi connectivity index (χ4n) is 5.85. The van der Waals surface area contributed by atoms with Crippen LogP contribution in [0.2, 0.25) is 0 Å². The molecule has 28 heavy (non-hydrogen) atoms. The Bertz CT molecular complexity index is 811. The molecule has 1 aliphatic heterocycles. The summed E-state index contributed by atoms with van der Waals surface area (Å²) in [5.41, 5.74) is 2.63. The van der Waals surface area contributed by atoms with E-state index in [9.17, 15) is 4.79 Å². The van der Waals surface area contributed by atoms with Gasteiger partial charge in [-0.15, -0.1) is 0 Å². The quantitative estimate of drug-likeness (QED) is 0.815. The molecule has 0 atom stereocenters. The lowest BCUT2D eigenvalue weighted by Gasteiger charge is -2.46. The van der Waals surface area contributed by atoms with E-state index in [-0.39, 0.29) is 5.41 Å². The third-order valence-corrected chi connectivity index (χ3v) is 7.87. The Labute approximate surface area is 168 Å². The second-order valence-corrected chi connectivity index (χ2v) is 9.46. The molecule has 0 radical (unpaired) electrons. The molecular weight excluding hydrogens is 346 g/mol. The fraction of sp³-hybridized carbons (Fsp3) is 0.625. The first-order valence-corrected chi connectivity index (χ1v) is 11.3. The van der Waals surface area contributed by atoms with Gasteiger partial charge < -0.3 is 15.2 Å². The lowest BCUT2D eigenvalue weighted by Crippen LogP contribution is -2.52. The molecule has 2 aromatic rings. The molecule has 4 heteroatoms. The van der Waals surface area contributed by atoms with Gasteiger partial charge in [-0.05, 0) is 75.3 Å². The van der Waals surface area contributed by atoms with Gasteiger partial charge in [0.1, 0.15) is 0 Å². The van der Waals surface area contributed by atoms with E-state index in [4.69, 9.17) is 0 Å². The Balaban J connectivity index is 1.10. The van der Waals surface area contributed by atoms with E-state index in [1.165, 1.54) is 35.7 Å². The van der Waals surface area contributed by atoms with Gasteiger partial charge in [-0.3, -0.25) is 4.79 Å². The number of H-pyrrole nitrogens is 1. The summed E-state index contributed by atoms with van der Waals surface area (Å²) >= 11 is 0. The normalized spacial score (nSPS) is 28.6. The van der Waals surface area contributed by atoms with Crippen molar-refractivity contribution in [3.05, 3.63) is 36.0 Å². The van der Waals surface area contributed by atoms with Crippen molar-refractivity contribution in [2.45, 2.75) is 63.8 Å². The zero-order chi connectivity index (χ0) is 19.0. The molecule has 2 bridgehead atoms. The van der Waals surface area contributed by atoms with Crippen LogP contribution in [0, 0.1) is 11.3 Å². The molecule has 4 nitrogen and oxygen atoms in total. The summed E-state index contributed by atoms with van der Waals surface area (Å²) in [4.78, 5) is 18.9. The molecule has 0 spiro atoms. The number of aromatic amines is 1. The highest BCUT2D eigenvalue weighted by Crippen LogP contribution is 2.50. The number of carbonyl (C=O) groups is 1. The second kappa shape index (κ2) is 7.55. The van der Waals surface area contributed by atoms with Crippen molar-refractivity contribution in [1.82, 2.24) is 15.2 Å². The first kappa shape index (κ1) is 18.2. The minimum absolute atomic E-state index is 0.0127. The van der Waals surface area contributed by atoms with Crippen LogP contribution in [0.3, 0.4) is 0 Å². The summed E-state index contributed by atoms with van der Waals surface area (Å²) in [5, 5.41) is 4.80. The molecule has 1 saturated heterocycles. The number of nitrogens with one attached hydrogen (secondary N) is 2. The van der Waals surface area contributed by atoms with Crippen molar-refractivity contribution < 1.29 is 4.79 Å². The third-order valence-electron chi connectivity index (χ3n) is 7.87. The van der Waals surface area contributed by atoms with Crippen molar-refractivity contribution in [1.29, 1.82) is 0 Å². The first-order chi connectivity index (χ1) is 13.7. The number of benzene rings is 1. The maximum absolute atomic E-state index is 13.0. The van der Waals surface area contributed by atoms with Crippen LogP contribution in [-0.2, 0) is 11.2 Å². The van der Waals surface area contributed by atoms with Crippen LogP contribution in [0.25, 0.3) is 10.9 Å². The van der Waals surface area contributed by atoms with Gasteiger partial charge in [0.15, 0.2) is 0 Å². The molecule has 0 unspecified atom stereocenters. The lowest BCUT2D eigenvalue weighted by molar-refractivity contribution is -0.138. The Morgan fingerprint density at radius 2 is 1.79 bits per heavy atom. The number of carbonyl (C=O) groups excluding carboxylic acids is 1. The monoisotopic (exact) mass is 379 g/mol. The zero-order valence-corrected chi connectivity index (χ0v) is 16.9. The van der Waals surface area contributed by atoms with Gasteiger partial charge in [0.2, 0.25) is 5.91 Å². The van der Waals surface area contributed by atoms with E-state index in [2.05, 4.69) is 45.7 Å². The van der Waals surface area contributed by atoms with E-state index in [1.807, 2.05) is 0 Å². The average Bonchev–Trinajstić information content (AvgIpc) is 3.18. The Kier molecular flexibility index (Phi) is 4.92. The molecular formula is C24H33N3O. The van der Waals surface area contributed by atoms with Gasteiger partial charge in [0.25, 0.3) is 0 Å². The van der Waals surface area contributed by atoms with Crippen LogP contribution in [0.1, 0.15) is 56.9 Å². The molecule has 4 fully saturated rings. The van der Waals surface area contributed by atoms with Crippen molar-refractivity contribution >= 4 is 16.8 Å². The predicted octanol–water partition coefficient (Wildman–Crippen LogP) is 4.26. The summed E-state index contributed by atoms with van der Waals surface area (Å²) in [6.45, 7) is 3.30. The van der Waals surface area contributed by atoms with Crippen molar-refractivity contribution in [3.8, 4) is 0 Å². The summed E-state index contributed by atoms with van der Waals surface area (Å²) in [7, 11) is 0. The molecule has 2 heterocycles. The lowest BCUT2D eigenvalue weighted by atomic mass is 9.60. The van der Waals surface area contributed by atoms with Gasteiger partial charge >= 0.3 is 0 Å². The van der Waals surface area contributed by atoms with Gasteiger partial charge in [0, 0.05) is 48.2 Å². The van der Waals surface area contributed by atoms with Crippen LogP contribution in [0.4, 0.5) is 0 Å². The molecule has 4 aliphatic rings. The SMILES string of the molecule is O=C(NC1CCN(CCc2c[nH]c3ccccc23)CC1)C12CCC(CC1)CC2. The van der Waals surface area contributed by atoms with E-state index in [1.54, 1.807) is 0 Å². The molecule has 1 aromatic heterocycles. The molecule has 3 saturated carbocycles. The third kappa shape index (κ3) is 3.47. The number of hydrogen-bond acceptors (Lipinski definition) is 2. The van der Waals surface area contributed by atoms with Gasteiger partial charge in [-0.2, -0.15) is 0 Å². The minimum Gasteiger partial charge on any atom is -0.361 e. The number of fused-ring (bicyclic) bond motifs is 4. The number of amides is 1. The smallest absolute Gasteiger partial charge is 0.226 e. The van der Waals surface area contributed by atoms with E-state index in [0.29, 0.717) is 11.9 Å². The largest absolute Gasteiger partial charge is 0.361 e. The van der Waals surface area contributed by atoms with Gasteiger partial charge in [0.05, 0.1) is 0 Å². The Morgan fingerprint density at radius 1 is 1.07 bits per heavy atom. The molecule has 150 valence electrons. The maximum Gasteiger partial charge on any atom is 0.226 e. The van der Waals surface area contributed by atoms with Crippen LogP contribution < -0.4 is 5.32 Å². The summed E-state index contributed by atoms with van der Waals surface area (Å²) in [6.07, 6.45) is 12.7. The molecule has 1 aromatic carbocycles. The topological polar surface area (TPSA) is 48.1 Å². The van der Waals surface area contributed by atoms with Gasteiger partial charge in [-0.1, -0.05) is 18.2 Å². The van der Waals surface area contributed by atoms with E-state index in [0.717, 1.165) is 64.1 Å². The number of aromatic nitrogens is 1. The second-order valence-electron chi connectivity index (χ2n) is 9.46. The van der Waals surface area contributed by atoms with Crippen LogP contribution >= 0.6 is 0 Å². The number of para-hydroxylation sites is 1. The van der Waals surface area contributed by atoms with E-state index < -0.39 is 0 Å². The van der Waals surface area contributed by atoms with Crippen molar-refractivity contribution in [2.24, 2.45) is 11.3 Å². The molecule has 3 aliphatic carbocycles. The highest BCUT2D eigenvalue weighted by molar-refractivity contribution is 5.83. The summed E-state index contributed by atoms with van der Waals surface area (Å²) in [5.74, 6) is 1.29. The fourth-order valence-corrected chi connectivity index (χ4v) is 5.85. The van der Waals surface area contributed by atoms with Crippen LogP contribution in [-0.4, -0.2) is 41.5 Å². The first-order valence-electron chi connectivity index (χ1n) is 11.3. The van der Waals surface area contributed by atoms with Crippen LogP contribution in [0.15, 0.2) is 30.5 Å². The standard InChI is InChI=1S/C24H33N3O/c28-23(24-11-5-18(6-12-24)7-13-24)26-20-9-15-27(16-10-20)14-8-19-17-25-22-4-2-1-3-21(19)22/h1-4,17-18,20,25H,5-16H2,(H,26,28). The molecule has 6 rings (SSSR count). The number of rotatable bonds is 5. The minimum atomic E-state index is -0.0127. The number of hydrogen-bond donors (Lipinski definition) is 2. The Morgan fingerprint density at radius 3 is 2.54 bits per heavy atom. The van der Waals surface area contributed by atoms with E-state index >= 15 is 0 Å². The number of nitrogens with zero attached hydrogens (tertiary/aromatic N) is 1. The van der Waals surface area contributed by atoms with Crippen molar-refractivity contribution in [2.75, 3.05) is 19.6 Å². The zero-order valence-electron chi connectivity index (χ0n) is 16.9. The highest BCUT2D eigenvalue weighted by Gasteiger charge is 2.46. The van der Waals surface area contributed by atoms with Gasteiger partial charge in [-0.25, -0.2) is 0 Å². The molecule has 2 N–H and O–H groups in total. The van der Waals surface area contributed by atoms with Crippen molar-refractivity contribution in [3.63, 3.8) is 0 Å². The molecule has 1 amide bonds. The highest BCUT2D eigenvalue weighted by atomic mass is 16.2. The number of piperidine rings is 1. The Hall–Kier alpha value is -1.81. The predicted molar refractivity (Wildman–Crippen MR) is 113 cm³/mol. The summed E-state index contributed by atoms with van der Waals surface area (Å²) < 4.78 is 0. The number of likely N-dealkylation sites (tertiary alicyclic amines) is 1. The summed E-state index contributed by atoms with van der Waals surface area (Å²) in [6, 6.07) is 8.93.